The molecule has 0 saturated carbocycles. The molecule has 2 aromatic rings. The SMILES string of the molecule is C[C@@H](NCC(=O)N1CCc2sccc2C1)c1cccnc1. The Kier molecular flexibility index (Phi) is 4.31. The van der Waals surface area contributed by atoms with E-state index < -0.39 is 0 Å². The molecular weight excluding hydrogens is 282 g/mol. The molecule has 0 radical (unpaired) electrons. The molecule has 5 heteroatoms. The lowest BCUT2D eigenvalue weighted by molar-refractivity contribution is -0.131. The van der Waals surface area contributed by atoms with Gasteiger partial charge in [-0.3, -0.25) is 9.78 Å². The second-order valence-electron chi connectivity index (χ2n) is 5.32. The lowest BCUT2D eigenvalue weighted by atomic mass is 10.1. The van der Waals surface area contributed by atoms with Crippen molar-refractivity contribution in [2.75, 3.05) is 13.1 Å². The molecule has 3 rings (SSSR count). The van der Waals surface area contributed by atoms with E-state index in [9.17, 15) is 4.79 Å². The van der Waals surface area contributed by atoms with Gasteiger partial charge in [0.15, 0.2) is 0 Å². The van der Waals surface area contributed by atoms with Crippen molar-refractivity contribution in [1.29, 1.82) is 0 Å². The summed E-state index contributed by atoms with van der Waals surface area (Å²) in [6.45, 7) is 4.00. The number of aromatic nitrogens is 1. The lowest BCUT2D eigenvalue weighted by Crippen LogP contribution is -2.41. The number of hydrogen-bond acceptors (Lipinski definition) is 4. The molecule has 3 heterocycles. The van der Waals surface area contributed by atoms with Crippen LogP contribution in [0.4, 0.5) is 0 Å². The maximum atomic E-state index is 12.3. The summed E-state index contributed by atoms with van der Waals surface area (Å²) in [5, 5.41) is 5.40. The molecule has 0 unspecified atom stereocenters. The maximum absolute atomic E-state index is 12.3. The van der Waals surface area contributed by atoms with Crippen molar-refractivity contribution in [3.63, 3.8) is 0 Å². The van der Waals surface area contributed by atoms with Crippen LogP contribution < -0.4 is 5.32 Å². The number of nitrogens with one attached hydrogen (secondary N) is 1. The summed E-state index contributed by atoms with van der Waals surface area (Å²) in [4.78, 5) is 19.8. The molecule has 1 N–H and O–H groups in total. The number of rotatable bonds is 4. The number of nitrogens with zero attached hydrogens (tertiary/aromatic N) is 2. The molecule has 4 nitrogen and oxygen atoms in total. The van der Waals surface area contributed by atoms with Gasteiger partial charge in [0.25, 0.3) is 0 Å². The van der Waals surface area contributed by atoms with Crippen LogP contribution in [0.2, 0.25) is 0 Å². The van der Waals surface area contributed by atoms with E-state index in [1.165, 1.54) is 10.4 Å². The van der Waals surface area contributed by atoms with Crippen molar-refractivity contribution in [3.05, 3.63) is 52.0 Å². The van der Waals surface area contributed by atoms with Crippen LogP contribution in [0.25, 0.3) is 0 Å². The monoisotopic (exact) mass is 301 g/mol. The van der Waals surface area contributed by atoms with Crippen LogP contribution in [0.3, 0.4) is 0 Å². The molecule has 1 aliphatic rings. The smallest absolute Gasteiger partial charge is 0.236 e. The number of carbonyl (C=O) groups is 1. The van der Waals surface area contributed by atoms with Gasteiger partial charge in [-0.1, -0.05) is 6.07 Å². The Labute approximate surface area is 128 Å². The van der Waals surface area contributed by atoms with Crippen molar-refractivity contribution < 1.29 is 4.79 Å². The zero-order valence-corrected chi connectivity index (χ0v) is 12.9. The molecule has 1 atom stereocenters. The third-order valence-electron chi connectivity index (χ3n) is 3.90. The molecule has 1 amide bonds. The number of thiophene rings is 1. The van der Waals surface area contributed by atoms with Gasteiger partial charge >= 0.3 is 0 Å². The van der Waals surface area contributed by atoms with Crippen molar-refractivity contribution in [2.24, 2.45) is 0 Å². The molecule has 0 spiro atoms. The third-order valence-corrected chi connectivity index (χ3v) is 4.93. The number of carbonyl (C=O) groups excluding carboxylic acids is 1. The third kappa shape index (κ3) is 3.31. The zero-order chi connectivity index (χ0) is 14.7. The van der Waals surface area contributed by atoms with Crippen molar-refractivity contribution in [1.82, 2.24) is 15.2 Å². The van der Waals surface area contributed by atoms with E-state index in [0.717, 1.165) is 25.1 Å². The fourth-order valence-electron chi connectivity index (χ4n) is 2.56. The van der Waals surface area contributed by atoms with Crippen molar-refractivity contribution in [3.8, 4) is 0 Å². The summed E-state index contributed by atoms with van der Waals surface area (Å²) in [7, 11) is 0. The first kappa shape index (κ1) is 14.2. The molecule has 0 fully saturated rings. The van der Waals surface area contributed by atoms with Gasteiger partial charge in [0.2, 0.25) is 5.91 Å². The van der Waals surface area contributed by atoms with Gasteiger partial charge in [-0.2, -0.15) is 0 Å². The van der Waals surface area contributed by atoms with E-state index in [0.29, 0.717) is 6.54 Å². The summed E-state index contributed by atoms with van der Waals surface area (Å²) >= 11 is 1.79. The Morgan fingerprint density at radius 2 is 2.43 bits per heavy atom. The Hall–Kier alpha value is -1.72. The largest absolute Gasteiger partial charge is 0.337 e. The van der Waals surface area contributed by atoms with Gasteiger partial charge in [0.05, 0.1) is 6.54 Å². The fourth-order valence-corrected chi connectivity index (χ4v) is 3.45. The van der Waals surface area contributed by atoms with Gasteiger partial charge in [-0.05, 0) is 42.0 Å². The van der Waals surface area contributed by atoms with Crippen LogP contribution in [0.1, 0.15) is 29.0 Å². The van der Waals surface area contributed by atoms with E-state index in [4.69, 9.17) is 0 Å². The number of amides is 1. The molecule has 0 aliphatic carbocycles. The highest BCUT2D eigenvalue weighted by molar-refractivity contribution is 7.10. The number of fused-ring (bicyclic) bond motifs is 1. The van der Waals surface area contributed by atoms with E-state index in [-0.39, 0.29) is 11.9 Å². The Bertz CT molecular complexity index is 611. The molecule has 0 bridgehead atoms. The Balaban J connectivity index is 1.53. The van der Waals surface area contributed by atoms with Crippen molar-refractivity contribution in [2.45, 2.75) is 25.9 Å². The Morgan fingerprint density at radius 3 is 3.24 bits per heavy atom. The molecule has 1 aliphatic heterocycles. The minimum absolute atomic E-state index is 0.129. The predicted molar refractivity (Wildman–Crippen MR) is 84.1 cm³/mol. The summed E-state index contributed by atoms with van der Waals surface area (Å²) in [5.41, 5.74) is 2.41. The molecule has 0 saturated heterocycles. The summed E-state index contributed by atoms with van der Waals surface area (Å²) in [6.07, 6.45) is 4.57. The highest BCUT2D eigenvalue weighted by Gasteiger charge is 2.21. The topological polar surface area (TPSA) is 45.2 Å². The van der Waals surface area contributed by atoms with E-state index in [1.807, 2.05) is 23.2 Å². The second-order valence-corrected chi connectivity index (χ2v) is 6.32. The molecular formula is C16H19N3OS. The number of hydrogen-bond donors (Lipinski definition) is 1. The van der Waals surface area contributed by atoms with E-state index in [1.54, 1.807) is 17.5 Å². The normalized spacial score (nSPS) is 15.6. The van der Waals surface area contributed by atoms with Crippen molar-refractivity contribution >= 4 is 17.2 Å². The summed E-state index contributed by atoms with van der Waals surface area (Å²) in [6, 6.07) is 6.20. The predicted octanol–water partition coefficient (Wildman–Crippen LogP) is 2.38. The average molecular weight is 301 g/mol. The van der Waals surface area contributed by atoms with Crippen LogP contribution >= 0.6 is 11.3 Å². The number of pyridine rings is 1. The molecule has 0 aromatic carbocycles. The highest BCUT2D eigenvalue weighted by atomic mass is 32.1. The van der Waals surface area contributed by atoms with Gasteiger partial charge in [0.1, 0.15) is 0 Å². The highest BCUT2D eigenvalue weighted by Crippen LogP contribution is 2.23. The molecule has 21 heavy (non-hydrogen) atoms. The lowest BCUT2D eigenvalue weighted by Gasteiger charge is -2.27. The minimum atomic E-state index is 0.129. The standard InChI is InChI=1S/C16H19N3OS/c1-12(13-3-2-6-17-9-13)18-10-16(20)19-7-4-15-14(11-19)5-8-21-15/h2-3,5-6,8-9,12,18H,4,7,10-11H2,1H3/t12-/m1/s1. The van der Waals surface area contributed by atoms with Gasteiger partial charge < -0.3 is 10.2 Å². The molecule has 110 valence electrons. The van der Waals surface area contributed by atoms with Crippen LogP contribution in [0.5, 0.6) is 0 Å². The van der Waals surface area contributed by atoms with Gasteiger partial charge in [-0.15, -0.1) is 11.3 Å². The fraction of sp³-hybridized carbons (Fsp3) is 0.375. The summed E-state index contributed by atoms with van der Waals surface area (Å²) < 4.78 is 0. The quantitative estimate of drug-likeness (QED) is 0.943. The van der Waals surface area contributed by atoms with Crippen LogP contribution in [0, 0.1) is 0 Å². The zero-order valence-electron chi connectivity index (χ0n) is 12.1. The minimum Gasteiger partial charge on any atom is -0.337 e. The van der Waals surface area contributed by atoms with E-state index >= 15 is 0 Å². The van der Waals surface area contributed by atoms with Crippen LogP contribution in [-0.2, 0) is 17.8 Å². The first-order valence-corrected chi connectivity index (χ1v) is 8.08. The maximum Gasteiger partial charge on any atom is 0.236 e. The van der Waals surface area contributed by atoms with Gasteiger partial charge in [-0.25, -0.2) is 0 Å². The first-order valence-electron chi connectivity index (χ1n) is 7.20. The molecule has 2 aromatic heterocycles. The summed E-state index contributed by atoms with van der Waals surface area (Å²) in [5.74, 6) is 0.169. The Morgan fingerprint density at radius 1 is 1.52 bits per heavy atom. The first-order chi connectivity index (χ1) is 10.2. The van der Waals surface area contributed by atoms with Crippen LogP contribution in [-0.4, -0.2) is 28.9 Å². The van der Waals surface area contributed by atoms with E-state index in [2.05, 4.69) is 28.7 Å². The second kappa shape index (κ2) is 6.37. The van der Waals surface area contributed by atoms with Gasteiger partial charge in [0, 0.05) is 36.4 Å². The average Bonchev–Trinajstić information content (AvgIpc) is 3.00. The van der Waals surface area contributed by atoms with Crippen LogP contribution in [0.15, 0.2) is 36.0 Å².